The van der Waals surface area contributed by atoms with E-state index in [1.54, 1.807) is 24.3 Å². The van der Waals surface area contributed by atoms with Crippen LogP contribution in [0.2, 0.25) is 0 Å². The van der Waals surface area contributed by atoms with E-state index in [9.17, 15) is 10.1 Å². The third-order valence-corrected chi connectivity index (χ3v) is 4.44. The smallest absolute Gasteiger partial charge is 0.274 e. The van der Waals surface area contributed by atoms with Crippen molar-refractivity contribution in [1.82, 2.24) is 9.97 Å². The zero-order chi connectivity index (χ0) is 20.6. The Labute approximate surface area is 170 Å². The third kappa shape index (κ3) is 4.87. The number of hydrogen-bond donors (Lipinski definition) is 2. The van der Waals surface area contributed by atoms with Crippen LogP contribution in [-0.2, 0) is 0 Å². The molecule has 29 heavy (non-hydrogen) atoms. The van der Waals surface area contributed by atoms with Crippen LogP contribution in [0.15, 0.2) is 60.8 Å². The number of anilines is 4. The van der Waals surface area contributed by atoms with Crippen LogP contribution in [0, 0.1) is 11.3 Å². The predicted molar refractivity (Wildman–Crippen MR) is 114 cm³/mol. The highest BCUT2D eigenvalue weighted by Gasteiger charge is 2.11. The van der Waals surface area contributed by atoms with E-state index in [0.717, 1.165) is 18.8 Å². The molecule has 0 aliphatic carbocycles. The van der Waals surface area contributed by atoms with Gasteiger partial charge in [-0.05, 0) is 56.3 Å². The van der Waals surface area contributed by atoms with Gasteiger partial charge in [-0.15, -0.1) is 0 Å². The van der Waals surface area contributed by atoms with Crippen LogP contribution in [0.5, 0.6) is 0 Å². The van der Waals surface area contributed by atoms with Crippen LogP contribution in [0.3, 0.4) is 0 Å². The highest BCUT2D eigenvalue weighted by molar-refractivity contribution is 6.03. The first-order chi connectivity index (χ1) is 14.1. The topological polar surface area (TPSA) is 93.9 Å². The number of benzene rings is 2. The van der Waals surface area contributed by atoms with E-state index in [2.05, 4.69) is 45.4 Å². The van der Waals surface area contributed by atoms with Crippen LogP contribution in [0.1, 0.15) is 29.9 Å². The molecule has 0 aliphatic heterocycles. The second-order valence-electron chi connectivity index (χ2n) is 6.22. The van der Waals surface area contributed by atoms with E-state index >= 15 is 0 Å². The monoisotopic (exact) mass is 386 g/mol. The minimum atomic E-state index is -0.334. The summed E-state index contributed by atoms with van der Waals surface area (Å²) in [6, 6.07) is 18.4. The summed E-state index contributed by atoms with van der Waals surface area (Å²) in [4.78, 5) is 23.2. The van der Waals surface area contributed by atoms with Crippen LogP contribution < -0.4 is 15.5 Å². The fraction of sp³-hybridized carbons (Fsp3) is 0.182. The molecule has 146 valence electrons. The summed E-state index contributed by atoms with van der Waals surface area (Å²) in [6.07, 6.45) is 1.50. The quantitative estimate of drug-likeness (QED) is 0.632. The molecule has 0 fully saturated rings. The van der Waals surface area contributed by atoms with Crippen molar-refractivity contribution < 1.29 is 4.79 Å². The van der Waals surface area contributed by atoms with Crippen molar-refractivity contribution in [2.45, 2.75) is 13.8 Å². The summed E-state index contributed by atoms with van der Waals surface area (Å²) in [5.41, 5.74) is 3.08. The van der Waals surface area contributed by atoms with Gasteiger partial charge in [0.25, 0.3) is 5.91 Å². The molecule has 1 aromatic heterocycles. The molecule has 2 N–H and O–H groups in total. The lowest BCUT2D eigenvalue weighted by atomic mass is 10.2. The molecule has 0 saturated carbocycles. The molecule has 7 heteroatoms. The van der Waals surface area contributed by atoms with Gasteiger partial charge in [-0.25, -0.2) is 9.97 Å². The van der Waals surface area contributed by atoms with Gasteiger partial charge in [0.2, 0.25) is 5.95 Å². The molecule has 0 aliphatic rings. The number of carbonyl (C=O) groups excluding carboxylic acids is 1. The van der Waals surface area contributed by atoms with E-state index < -0.39 is 0 Å². The summed E-state index contributed by atoms with van der Waals surface area (Å²) in [5, 5.41) is 15.0. The van der Waals surface area contributed by atoms with Crippen molar-refractivity contribution in [2.24, 2.45) is 0 Å². The first-order valence-electron chi connectivity index (χ1n) is 9.40. The summed E-state index contributed by atoms with van der Waals surface area (Å²) >= 11 is 0. The largest absolute Gasteiger partial charge is 0.372 e. The first kappa shape index (κ1) is 19.8. The molecule has 0 radical (unpaired) electrons. The lowest BCUT2D eigenvalue weighted by Crippen LogP contribution is -2.21. The minimum absolute atomic E-state index is 0.227. The highest BCUT2D eigenvalue weighted by atomic mass is 16.1. The van der Waals surface area contributed by atoms with E-state index in [-0.39, 0.29) is 17.5 Å². The van der Waals surface area contributed by atoms with Gasteiger partial charge in [-0.1, -0.05) is 12.1 Å². The van der Waals surface area contributed by atoms with Crippen LogP contribution in [-0.4, -0.2) is 29.0 Å². The van der Waals surface area contributed by atoms with Gasteiger partial charge >= 0.3 is 0 Å². The van der Waals surface area contributed by atoms with Gasteiger partial charge in [0.1, 0.15) is 11.8 Å². The Morgan fingerprint density at radius 3 is 2.48 bits per heavy atom. The normalized spacial score (nSPS) is 10.1. The Morgan fingerprint density at radius 2 is 1.79 bits per heavy atom. The van der Waals surface area contributed by atoms with E-state index in [4.69, 9.17) is 0 Å². The molecule has 0 spiro atoms. The summed E-state index contributed by atoms with van der Waals surface area (Å²) < 4.78 is 0. The van der Waals surface area contributed by atoms with Crippen LogP contribution in [0.25, 0.3) is 0 Å². The van der Waals surface area contributed by atoms with Crippen molar-refractivity contribution >= 4 is 28.9 Å². The molecule has 0 saturated heterocycles. The molecular weight excluding hydrogens is 364 g/mol. The average molecular weight is 386 g/mol. The van der Waals surface area contributed by atoms with E-state index in [0.29, 0.717) is 16.9 Å². The fourth-order valence-electron chi connectivity index (χ4n) is 2.89. The van der Waals surface area contributed by atoms with E-state index in [1.807, 2.05) is 30.3 Å². The van der Waals surface area contributed by atoms with Gasteiger partial charge in [-0.3, -0.25) is 4.79 Å². The number of carbonyl (C=O) groups is 1. The lowest BCUT2D eigenvalue weighted by molar-refractivity contribution is 0.102. The molecule has 2 aromatic carbocycles. The standard InChI is InChI=1S/C22H22N6O/c1-3-28(4-2)18-11-9-17(10-12-18)25-21(29)20-13-14-24-22(27-20)26-19-8-6-5-7-16(19)15-23/h5-14H,3-4H2,1-2H3,(H,25,29)(H,24,26,27). The Bertz CT molecular complexity index is 1020. The first-order valence-corrected chi connectivity index (χ1v) is 9.40. The third-order valence-electron chi connectivity index (χ3n) is 4.44. The Hall–Kier alpha value is -3.92. The molecule has 0 unspecified atom stereocenters. The molecular formula is C22H22N6O. The molecule has 7 nitrogen and oxygen atoms in total. The zero-order valence-electron chi connectivity index (χ0n) is 16.4. The number of nitriles is 1. The van der Waals surface area contributed by atoms with Gasteiger partial charge in [0, 0.05) is 30.7 Å². The molecule has 3 aromatic rings. The number of amides is 1. The summed E-state index contributed by atoms with van der Waals surface area (Å²) in [6.45, 7) is 6.06. The molecule has 3 rings (SSSR count). The minimum Gasteiger partial charge on any atom is -0.372 e. The second kappa shape index (κ2) is 9.33. The van der Waals surface area contributed by atoms with Crippen molar-refractivity contribution in [1.29, 1.82) is 5.26 Å². The zero-order valence-corrected chi connectivity index (χ0v) is 16.4. The highest BCUT2D eigenvalue weighted by Crippen LogP contribution is 2.19. The number of aromatic nitrogens is 2. The second-order valence-corrected chi connectivity index (χ2v) is 6.22. The van der Waals surface area contributed by atoms with Crippen molar-refractivity contribution in [3.05, 3.63) is 72.1 Å². The molecule has 1 heterocycles. The maximum atomic E-state index is 12.6. The maximum absolute atomic E-state index is 12.6. The summed E-state index contributed by atoms with van der Waals surface area (Å²) in [5.74, 6) is -0.0863. The SMILES string of the molecule is CCN(CC)c1ccc(NC(=O)c2ccnc(Nc3ccccc3C#N)n2)cc1. The number of nitrogens with zero attached hydrogens (tertiary/aromatic N) is 4. The molecule has 0 atom stereocenters. The number of rotatable bonds is 7. The Kier molecular flexibility index (Phi) is 6.38. The van der Waals surface area contributed by atoms with E-state index in [1.165, 1.54) is 6.20 Å². The maximum Gasteiger partial charge on any atom is 0.274 e. The van der Waals surface area contributed by atoms with Crippen molar-refractivity contribution in [3.8, 4) is 6.07 Å². The van der Waals surface area contributed by atoms with Crippen molar-refractivity contribution in [3.63, 3.8) is 0 Å². The Morgan fingerprint density at radius 1 is 1.07 bits per heavy atom. The lowest BCUT2D eigenvalue weighted by Gasteiger charge is -2.21. The molecule has 0 bridgehead atoms. The average Bonchev–Trinajstić information content (AvgIpc) is 2.76. The predicted octanol–water partition coefficient (Wildman–Crippen LogP) is 4.19. The summed E-state index contributed by atoms with van der Waals surface area (Å²) in [7, 11) is 0. The van der Waals surface area contributed by atoms with Gasteiger partial charge in [-0.2, -0.15) is 5.26 Å². The number of hydrogen-bond acceptors (Lipinski definition) is 6. The van der Waals surface area contributed by atoms with Gasteiger partial charge in [0.05, 0.1) is 11.3 Å². The van der Waals surface area contributed by atoms with Gasteiger partial charge < -0.3 is 15.5 Å². The van der Waals surface area contributed by atoms with Crippen LogP contribution >= 0.6 is 0 Å². The number of nitrogens with one attached hydrogen (secondary N) is 2. The van der Waals surface area contributed by atoms with Crippen LogP contribution in [0.4, 0.5) is 23.0 Å². The van der Waals surface area contributed by atoms with Gasteiger partial charge in [0.15, 0.2) is 0 Å². The Balaban J connectivity index is 1.72. The van der Waals surface area contributed by atoms with Crippen molar-refractivity contribution in [2.75, 3.05) is 28.6 Å². The fourth-order valence-corrected chi connectivity index (χ4v) is 2.89. The number of para-hydroxylation sites is 1. The molecule has 1 amide bonds.